The zero-order valence-corrected chi connectivity index (χ0v) is 6.91. The lowest BCUT2D eigenvalue weighted by atomic mass is 10.3. The molecule has 0 aliphatic carbocycles. The van der Waals surface area contributed by atoms with Gasteiger partial charge in [-0.2, -0.15) is 0 Å². The van der Waals surface area contributed by atoms with Crippen molar-refractivity contribution in [2.24, 2.45) is 5.84 Å². The van der Waals surface area contributed by atoms with E-state index >= 15 is 0 Å². The highest BCUT2D eigenvalue weighted by Gasteiger charge is 2.09. The Morgan fingerprint density at radius 1 is 1.58 bits per heavy atom. The Bertz CT molecular complexity index is 316. The Morgan fingerprint density at radius 3 is 2.67 bits per heavy atom. The van der Waals surface area contributed by atoms with Crippen LogP contribution in [0.15, 0.2) is 23.1 Å². The van der Waals surface area contributed by atoms with Crippen molar-refractivity contribution in [3.63, 3.8) is 0 Å². The number of anilines is 1. The fourth-order valence-corrected chi connectivity index (χ4v) is 1.06. The maximum Gasteiger partial charge on any atom is 0.282 e. The van der Waals surface area contributed by atoms with Crippen LogP contribution in [0.2, 0.25) is 0 Å². The first-order valence-corrected chi connectivity index (χ1v) is 3.54. The van der Waals surface area contributed by atoms with Crippen molar-refractivity contribution in [3.8, 4) is 0 Å². The molecule has 1 aromatic rings. The second kappa shape index (κ2) is 3.42. The molecule has 0 atom stereocenters. The third-order valence-electron chi connectivity index (χ3n) is 1.34. The average molecular weight is 185 g/mol. The molecule has 3 N–H and O–H groups in total. The number of nitro benzene ring substituents is 1. The minimum atomic E-state index is -0.497. The van der Waals surface area contributed by atoms with Crippen LogP contribution in [0.25, 0.3) is 0 Å². The summed E-state index contributed by atoms with van der Waals surface area (Å²) in [6.07, 6.45) is 0. The summed E-state index contributed by atoms with van der Waals surface area (Å²) in [6.45, 7) is 0. The lowest BCUT2D eigenvalue weighted by Crippen LogP contribution is -2.06. The highest BCUT2D eigenvalue weighted by atomic mass is 32.1. The van der Waals surface area contributed by atoms with Crippen LogP contribution in [0.3, 0.4) is 0 Å². The summed E-state index contributed by atoms with van der Waals surface area (Å²) in [4.78, 5) is 10.1. The molecule has 0 aromatic heterocycles. The number of nitrogens with two attached hydrogens (primary N) is 1. The molecular formula is C6H7N3O2S. The maximum atomic E-state index is 10.3. The van der Waals surface area contributed by atoms with E-state index in [1.807, 2.05) is 0 Å². The van der Waals surface area contributed by atoms with Gasteiger partial charge in [-0.3, -0.25) is 16.0 Å². The summed E-state index contributed by atoms with van der Waals surface area (Å²) in [5.41, 5.74) is 2.92. The molecule has 64 valence electrons. The number of nitrogens with one attached hydrogen (secondary N) is 1. The predicted octanol–water partition coefficient (Wildman–Crippen LogP) is 1.17. The van der Waals surface area contributed by atoms with E-state index in [-0.39, 0.29) is 10.6 Å². The van der Waals surface area contributed by atoms with Crippen molar-refractivity contribution in [1.29, 1.82) is 0 Å². The third kappa shape index (κ3) is 1.66. The zero-order chi connectivity index (χ0) is 9.14. The van der Waals surface area contributed by atoms with Crippen LogP contribution in [-0.4, -0.2) is 4.92 Å². The molecule has 0 aliphatic rings. The number of nitrogens with zero attached hydrogens (tertiary/aromatic N) is 1. The number of rotatable bonds is 2. The number of nitro groups is 1. The Hall–Kier alpha value is -1.27. The molecule has 0 saturated heterocycles. The van der Waals surface area contributed by atoms with Crippen LogP contribution in [0.1, 0.15) is 0 Å². The minimum absolute atomic E-state index is 0.0302. The van der Waals surface area contributed by atoms with E-state index in [1.165, 1.54) is 18.2 Å². The molecule has 0 saturated carbocycles. The van der Waals surface area contributed by atoms with Gasteiger partial charge in [-0.1, -0.05) is 0 Å². The van der Waals surface area contributed by atoms with Crippen LogP contribution in [0.4, 0.5) is 11.4 Å². The molecule has 6 heteroatoms. The van der Waals surface area contributed by atoms with Gasteiger partial charge in [-0.05, 0) is 12.1 Å². The van der Waals surface area contributed by atoms with Gasteiger partial charge in [-0.15, -0.1) is 12.6 Å². The summed E-state index contributed by atoms with van der Waals surface area (Å²) in [7, 11) is 0. The van der Waals surface area contributed by atoms with E-state index in [4.69, 9.17) is 5.84 Å². The van der Waals surface area contributed by atoms with E-state index in [0.717, 1.165) is 0 Å². The first-order chi connectivity index (χ1) is 5.65. The first-order valence-electron chi connectivity index (χ1n) is 3.09. The van der Waals surface area contributed by atoms with E-state index in [0.29, 0.717) is 5.69 Å². The van der Waals surface area contributed by atoms with Crippen LogP contribution in [0, 0.1) is 10.1 Å². The minimum Gasteiger partial charge on any atom is -0.324 e. The van der Waals surface area contributed by atoms with Crippen molar-refractivity contribution >= 4 is 24.0 Å². The second-order valence-corrected chi connectivity index (χ2v) is 2.59. The summed E-state index contributed by atoms with van der Waals surface area (Å²) in [5, 5.41) is 10.3. The fraction of sp³-hybridized carbons (Fsp3) is 0. The number of benzene rings is 1. The Kier molecular flexibility index (Phi) is 2.51. The Morgan fingerprint density at radius 2 is 2.25 bits per heavy atom. The van der Waals surface area contributed by atoms with Crippen LogP contribution in [0.5, 0.6) is 0 Å². The van der Waals surface area contributed by atoms with Gasteiger partial charge in [0.1, 0.15) is 0 Å². The molecule has 1 rings (SSSR count). The van der Waals surface area contributed by atoms with Crippen molar-refractivity contribution in [2.45, 2.75) is 4.90 Å². The highest BCUT2D eigenvalue weighted by molar-refractivity contribution is 7.80. The van der Waals surface area contributed by atoms with Crippen LogP contribution < -0.4 is 11.3 Å². The molecule has 0 bridgehead atoms. The average Bonchev–Trinajstić information content (AvgIpc) is 2.03. The number of thiol groups is 1. The van der Waals surface area contributed by atoms with Crippen molar-refractivity contribution in [3.05, 3.63) is 28.3 Å². The lowest BCUT2D eigenvalue weighted by molar-refractivity contribution is -0.387. The largest absolute Gasteiger partial charge is 0.324 e. The molecule has 0 heterocycles. The molecule has 0 fully saturated rings. The molecule has 0 spiro atoms. The first kappa shape index (κ1) is 8.82. The van der Waals surface area contributed by atoms with Crippen LogP contribution in [-0.2, 0) is 0 Å². The van der Waals surface area contributed by atoms with Crippen molar-refractivity contribution in [2.75, 3.05) is 5.43 Å². The predicted molar refractivity (Wildman–Crippen MR) is 48.2 cm³/mol. The van der Waals surface area contributed by atoms with Gasteiger partial charge in [0.05, 0.1) is 15.5 Å². The van der Waals surface area contributed by atoms with E-state index in [2.05, 4.69) is 18.1 Å². The topological polar surface area (TPSA) is 81.2 Å². The van der Waals surface area contributed by atoms with Gasteiger partial charge in [0.15, 0.2) is 0 Å². The molecule has 0 aliphatic heterocycles. The maximum absolute atomic E-state index is 10.3. The van der Waals surface area contributed by atoms with Crippen molar-refractivity contribution in [1.82, 2.24) is 0 Å². The molecular weight excluding hydrogens is 178 g/mol. The molecule has 0 unspecified atom stereocenters. The van der Waals surface area contributed by atoms with Crippen molar-refractivity contribution < 1.29 is 4.92 Å². The fourth-order valence-electron chi connectivity index (χ4n) is 0.768. The van der Waals surface area contributed by atoms with E-state index < -0.39 is 4.92 Å². The third-order valence-corrected chi connectivity index (χ3v) is 1.70. The summed E-state index contributed by atoms with van der Waals surface area (Å²) >= 11 is 3.92. The number of hydrogen-bond donors (Lipinski definition) is 3. The summed E-state index contributed by atoms with van der Waals surface area (Å²) in [6, 6.07) is 4.34. The smallest absolute Gasteiger partial charge is 0.282 e. The van der Waals surface area contributed by atoms with Gasteiger partial charge in [0.25, 0.3) is 5.69 Å². The molecule has 1 aromatic carbocycles. The van der Waals surface area contributed by atoms with Gasteiger partial charge < -0.3 is 5.43 Å². The Balaban J connectivity index is 3.12. The van der Waals surface area contributed by atoms with Crippen LogP contribution >= 0.6 is 12.6 Å². The van der Waals surface area contributed by atoms with Gasteiger partial charge in [0, 0.05) is 6.07 Å². The number of nitrogen functional groups attached to an aromatic ring is 1. The Labute approximate surface area is 74.1 Å². The second-order valence-electron chi connectivity index (χ2n) is 2.10. The summed E-state index contributed by atoms with van der Waals surface area (Å²) in [5.74, 6) is 5.09. The lowest BCUT2D eigenvalue weighted by Gasteiger charge is -2.00. The highest BCUT2D eigenvalue weighted by Crippen LogP contribution is 2.24. The van der Waals surface area contributed by atoms with Gasteiger partial charge in [0.2, 0.25) is 0 Å². The molecule has 0 radical (unpaired) electrons. The molecule has 0 amide bonds. The molecule has 12 heavy (non-hydrogen) atoms. The number of hydrogen-bond acceptors (Lipinski definition) is 5. The monoisotopic (exact) mass is 185 g/mol. The summed E-state index contributed by atoms with van der Waals surface area (Å²) < 4.78 is 0. The zero-order valence-electron chi connectivity index (χ0n) is 6.02. The van der Waals surface area contributed by atoms with Gasteiger partial charge in [-0.25, -0.2) is 0 Å². The molecule has 5 nitrogen and oxygen atoms in total. The van der Waals surface area contributed by atoms with Gasteiger partial charge >= 0.3 is 0 Å². The SMILES string of the molecule is NNc1ccc([N+](=O)[O-])c(S)c1. The van der Waals surface area contributed by atoms with E-state index in [9.17, 15) is 10.1 Å². The number of hydrazine groups is 1. The van der Waals surface area contributed by atoms with E-state index in [1.54, 1.807) is 0 Å². The normalized spacial score (nSPS) is 9.50. The quantitative estimate of drug-likeness (QED) is 0.279. The standard InChI is InChI=1S/C6H7N3O2S/c7-8-4-1-2-5(9(10)11)6(12)3-4/h1-3,8,12H,7H2.